The summed E-state index contributed by atoms with van der Waals surface area (Å²) >= 11 is 6.78. The van der Waals surface area contributed by atoms with E-state index < -0.39 is 12.0 Å². The van der Waals surface area contributed by atoms with E-state index in [4.69, 9.17) is 30.5 Å². The number of nitrogens with zero attached hydrogens (tertiary/aromatic N) is 1. The molecule has 3 aromatic rings. The van der Waals surface area contributed by atoms with Crippen molar-refractivity contribution in [1.82, 2.24) is 4.90 Å². The number of carbonyl (C=O) groups is 1. The van der Waals surface area contributed by atoms with E-state index >= 15 is 0 Å². The normalized spacial score (nSPS) is 18.8. The fourth-order valence-corrected chi connectivity index (χ4v) is 6.25. The highest BCUT2D eigenvalue weighted by atomic mass is 35.5. The number of hydrogen-bond acceptors (Lipinski definition) is 6. The summed E-state index contributed by atoms with van der Waals surface area (Å²) in [6.45, 7) is 5.43. The van der Waals surface area contributed by atoms with Gasteiger partial charge in [-0.15, -0.1) is 0 Å². The number of halogens is 1. The van der Waals surface area contributed by atoms with Gasteiger partial charge < -0.3 is 24.1 Å². The molecule has 2 heterocycles. The lowest BCUT2D eigenvalue weighted by Crippen LogP contribution is -2.44. The molecular weight excluding hydrogens is 554 g/mol. The van der Waals surface area contributed by atoms with Gasteiger partial charge in [-0.2, -0.15) is 0 Å². The Kier molecular flexibility index (Phi) is 8.77. The van der Waals surface area contributed by atoms with E-state index in [1.807, 2.05) is 35.2 Å². The molecule has 0 bridgehead atoms. The van der Waals surface area contributed by atoms with E-state index in [9.17, 15) is 9.90 Å². The van der Waals surface area contributed by atoms with Crippen LogP contribution in [-0.2, 0) is 17.9 Å². The summed E-state index contributed by atoms with van der Waals surface area (Å²) in [6, 6.07) is 15.5. The van der Waals surface area contributed by atoms with E-state index in [0.717, 1.165) is 64.5 Å². The molecule has 0 amide bonds. The van der Waals surface area contributed by atoms with E-state index in [1.54, 1.807) is 0 Å². The zero-order chi connectivity index (χ0) is 29.1. The third-order valence-corrected chi connectivity index (χ3v) is 9.06. The molecule has 3 aliphatic rings. The van der Waals surface area contributed by atoms with E-state index in [-0.39, 0.29) is 0 Å². The average molecular weight is 592 g/mol. The van der Waals surface area contributed by atoms with Gasteiger partial charge in [0.15, 0.2) is 11.5 Å². The van der Waals surface area contributed by atoms with Gasteiger partial charge in [-0.1, -0.05) is 48.7 Å². The smallest absolute Gasteiger partial charge is 0.320 e. The first kappa shape index (κ1) is 28.7. The average Bonchev–Trinajstić information content (AvgIpc) is 2.97. The SMILES string of the molecule is Cc1c(COc2cc(OCC3CCC3)c(CN3CCCC[C@H]3C(=O)O)cc2Cl)cccc1-c1ccc2c(c1)OCCO2. The molecule has 42 heavy (non-hydrogen) atoms. The third kappa shape index (κ3) is 6.32. The van der Waals surface area contributed by atoms with E-state index in [0.29, 0.717) is 56.1 Å². The van der Waals surface area contributed by atoms with Crippen LogP contribution in [0.15, 0.2) is 48.5 Å². The zero-order valence-corrected chi connectivity index (χ0v) is 24.8. The first-order valence-electron chi connectivity index (χ1n) is 15.0. The van der Waals surface area contributed by atoms with Crippen LogP contribution < -0.4 is 18.9 Å². The molecule has 2 fully saturated rings. The molecule has 6 rings (SSSR count). The number of fused-ring (bicyclic) bond motifs is 1. The van der Waals surface area contributed by atoms with Gasteiger partial charge in [0.25, 0.3) is 0 Å². The third-order valence-electron chi connectivity index (χ3n) is 8.77. The lowest BCUT2D eigenvalue weighted by molar-refractivity contribution is -0.144. The predicted octanol–water partition coefficient (Wildman–Crippen LogP) is 7.28. The van der Waals surface area contributed by atoms with Crippen LogP contribution in [0.2, 0.25) is 5.02 Å². The number of carboxylic acid groups (broad SMARTS) is 1. The Balaban J connectivity index is 1.22. The quantitative estimate of drug-likeness (QED) is 0.265. The van der Waals surface area contributed by atoms with Gasteiger partial charge in [0.05, 0.1) is 11.6 Å². The summed E-state index contributed by atoms with van der Waals surface area (Å²) in [5.41, 5.74) is 5.24. The molecule has 0 aromatic heterocycles. The topological polar surface area (TPSA) is 77.5 Å². The molecule has 222 valence electrons. The molecule has 0 radical (unpaired) electrons. The maximum absolute atomic E-state index is 11.9. The number of hydrogen-bond donors (Lipinski definition) is 1. The Morgan fingerprint density at radius 3 is 2.57 bits per heavy atom. The van der Waals surface area contributed by atoms with Crippen molar-refractivity contribution in [3.63, 3.8) is 0 Å². The van der Waals surface area contributed by atoms with Gasteiger partial charge in [-0.25, -0.2) is 0 Å². The van der Waals surface area contributed by atoms with Crippen molar-refractivity contribution in [2.24, 2.45) is 5.92 Å². The number of ether oxygens (including phenoxy) is 4. The Morgan fingerprint density at radius 2 is 1.79 bits per heavy atom. The Morgan fingerprint density at radius 1 is 0.952 bits per heavy atom. The molecule has 8 heteroatoms. The van der Waals surface area contributed by atoms with Crippen molar-refractivity contribution in [3.05, 3.63) is 70.2 Å². The van der Waals surface area contributed by atoms with Gasteiger partial charge in [0, 0.05) is 18.2 Å². The van der Waals surface area contributed by atoms with Crippen LogP contribution in [0, 0.1) is 12.8 Å². The Hall–Kier alpha value is -3.42. The molecule has 0 spiro atoms. The minimum Gasteiger partial charge on any atom is -0.493 e. The first-order chi connectivity index (χ1) is 20.5. The number of rotatable bonds is 10. The minimum absolute atomic E-state index is 0.346. The second-order valence-electron chi connectivity index (χ2n) is 11.6. The summed E-state index contributed by atoms with van der Waals surface area (Å²) < 4.78 is 24.1. The standard InChI is InChI=1S/C34H38ClNO6/c1-22-25(8-5-9-27(22)24-11-12-30-33(17-24)40-15-14-39-30)21-42-32-18-31(41-20-23-6-4-7-23)26(16-28(32)35)19-36-13-3-2-10-29(36)34(37)38/h5,8-9,11-12,16-18,23,29H,2-4,6-7,10,13-15,19-21H2,1H3,(H,37,38)/t29-/m0/s1. The lowest BCUT2D eigenvalue weighted by atomic mass is 9.86. The number of likely N-dealkylation sites (tertiary alicyclic amines) is 1. The Labute approximate surface area is 252 Å². The molecule has 7 nitrogen and oxygen atoms in total. The maximum Gasteiger partial charge on any atom is 0.320 e. The number of carboxylic acids is 1. The van der Waals surface area contributed by atoms with Crippen LogP contribution in [-0.4, -0.2) is 48.4 Å². The van der Waals surface area contributed by atoms with Crippen LogP contribution >= 0.6 is 11.6 Å². The van der Waals surface area contributed by atoms with Gasteiger partial charge in [-0.3, -0.25) is 9.69 Å². The predicted molar refractivity (Wildman–Crippen MR) is 162 cm³/mol. The summed E-state index contributed by atoms with van der Waals surface area (Å²) in [4.78, 5) is 13.9. The molecule has 0 unspecified atom stereocenters. The summed E-state index contributed by atoms with van der Waals surface area (Å²) in [5, 5.41) is 10.3. The monoisotopic (exact) mass is 591 g/mol. The number of aliphatic carboxylic acids is 1. The van der Waals surface area contributed by atoms with Crippen LogP contribution in [0.25, 0.3) is 11.1 Å². The van der Waals surface area contributed by atoms with Crippen molar-refractivity contribution < 1.29 is 28.8 Å². The van der Waals surface area contributed by atoms with E-state index in [1.165, 1.54) is 19.3 Å². The lowest BCUT2D eigenvalue weighted by Gasteiger charge is -2.33. The van der Waals surface area contributed by atoms with Crippen molar-refractivity contribution in [2.45, 2.75) is 64.6 Å². The van der Waals surface area contributed by atoms with Crippen molar-refractivity contribution in [1.29, 1.82) is 0 Å². The van der Waals surface area contributed by atoms with E-state index in [2.05, 4.69) is 25.1 Å². The highest BCUT2D eigenvalue weighted by Gasteiger charge is 2.29. The molecule has 1 N–H and O–H groups in total. The zero-order valence-electron chi connectivity index (χ0n) is 24.1. The molecule has 1 saturated carbocycles. The van der Waals surface area contributed by atoms with Crippen molar-refractivity contribution in [2.75, 3.05) is 26.4 Å². The van der Waals surface area contributed by atoms with Gasteiger partial charge >= 0.3 is 5.97 Å². The second kappa shape index (κ2) is 12.8. The minimum atomic E-state index is -0.772. The highest BCUT2D eigenvalue weighted by Crippen LogP contribution is 2.38. The molecule has 2 aliphatic heterocycles. The molecule has 1 aliphatic carbocycles. The van der Waals surface area contributed by atoms with Gasteiger partial charge in [-0.05, 0) is 85.5 Å². The Bertz CT molecular complexity index is 1440. The van der Waals surface area contributed by atoms with Crippen molar-refractivity contribution >= 4 is 17.6 Å². The largest absolute Gasteiger partial charge is 0.493 e. The summed E-state index contributed by atoms with van der Waals surface area (Å²) in [7, 11) is 0. The molecule has 3 aromatic carbocycles. The van der Waals surface area contributed by atoms with Crippen LogP contribution in [0.4, 0.5) is 0 Å². The maximum atomic E-state index is 11.9. The number of benzene rings is 3. The number of piperidine rings is 1. The van der Waals surface area contributed by atoms with Crippen LogP contribution in [0.3, 0.4) is 0 Å². The van der Waals surface area contributed by atoms with Gasteiger partial charge in [0.1, 0.15) is 37.4 Å². The highest BCUT2D eigenvalue weighted by molar-refractivity contribution is 6.32. The first-order valence-corrected chi connectivity index (χ1v) is 15.4. The summed E-state index contributed by atoms with van der Waals surface area (Å²) in [6.07, 6.45) is 6.18. The van der Waals surface area contributed by atoms with Crippen molar-refractivity contribution in [3.8, 4) is 34.1 Å². The molecule has 1 saturated heterocycles. The molecule has 1 atom stereocenters. The molecular formula is C34H38ClNO6. The van der Waals surface area contributed by atoms with Crippen LogP contribution in [0.5, 0.6) is 23.0 Å². The fourth-order valence-electron chi connectivity index (χ4n) is 6.01. The van der Waals surface area contributed by atoms with Crippen LogP contribution in [0.1, 0.15) is 55.2 Å². The summed E-state index contributed by atoms with van der Waals surface area (Å²) in [5.74, 6) is 2.60. The van der Waals surface area contributed by atoms with Gasteiger partial charge in [0.2, 0.25) is 0 Å². The fraction of sp³-hybridized carbons (Fsp3) is 0.441. The second-order valence-corrected chi connectivity index (χ2v) is 12.0.